The smallest absolute Gasteiger partial charge is 0.410 e. The summed E-state index contributed by atoms with van der Waals surface area (Å²) in [7, 11) is 0. The van der Waals surface area contributed by atoms with E-state index in [4.69, 9.17) is 4.74 Å². The molecule has 1 unspecified atom stereocenters. The SMILES string of the molecule is O=C1OC[C@@]2(c3ccccc3)CC(O)CN12. The van der Waals surface area contributed by atoms with Crippen LogP contribution in [0.2, 0.25) is 0 Å². The molecule has 2 atom stereocenters. The van der Waals surface area contributed by atoms with Crippen molar-refractivity contribution in [2.75, 3.05) is 13.2 Å². The van der Waals surface area contributed by atoms with E-state index < -0.39 is 11.6 Å². The Balaban J connectivity index is 2.06. The minimum atomic E-state index is -0.451. The van der Waals surface area contributed by atoms with Crippen LogP contribution in [0.25, 0.3) is 0 Å². The fourth-order valence-corrected chi connectivity index (χ4v) is 2.70. The van der Waals surface area contributed by atoms with Crippen molar-refractivity contribution in [1.29, 1.82) is 0 Å². The predicted molar refractivity (Wildman–Crippen MR) is 56.8 cm³/mol. The fraction of sp³-hybridized carbons (Fsp3) is 0.417. The van der Waals surface area contributed by atoms with Crippen LogP contribution in [0, 0.1) is 0 Å². The van der Waals surface area contributed by atoms with E-state index in [9.17, 15) is 9.90 Å². The summed E-state index contributed by atoms with van der Waals surface area (Å²) in [4.78, 5) is 13.2. The minimum absolute atomic E-state index is 0.319. The number of carbonyl (C=O) groups is 1. The zero-order valence-corrected chi connectivity index (χ0v) is 8.80. The molecule has 0 spiro atoms. The number of hydrogen-bond acceptors (Lipinski definition) is 3. The van der Waals surface area contributed by atoms with E-state index in [1.54, 1.807) is 4.90 Å². The summed E-state index contributed by atoms with van der Waals surface area (Å²) in [5.41, 5.74) is 0.593. The largest absolute Gasteiger partial charge is 0.447 e. The molecule has 4 heteroatoms. The molecule has 1 amide bonds. The number of fused-ring (bicyclic) bond motifs is 1. The van der Waals surface area contributed by atoms with Crippen LogP contribution in [0.5, 0.6) is 0 Å². The number of ether oxygens (including phenoxy) is 1. The highest BCUT2D eigenvalue weighted by atomic mass is 16.6. The van der Waals surface area contributed by atoms with Gasteiger partial charge in [-0.2, -0.15) is 0 Å². The summed E-state index contributed by atoms with van der Waals surface area (Å²) in [6.07, 6.45) is -0.212. The van der Waals surface area contributed by atoms with E-state index in [0.29, 0.717) is 19.6 Å². The second-order valence-electron chi connectivity index (χ2n) is 4.42. The number of benzene rings is 1. The Hall–Kier alpha value is -1.55. The van der Waals surface area contributed by atoms with Crippen molar-refractivity contribution in [3.63, 3.8) is 0 Å². The van der Waals surface area contributed by atoms with Gasteiger partial charge in [-0.3, -0.25) is 4.90 Å². The van der Waals surface area contributed by atoms with Gasteiger partial charge >= 0.3 is 6.09 Å². The fourth-order valence-electron chi connectivity index (χ4n) is 2.70. The molecule has 4 nitrogen and oxygen atoms in total. The average Bonchev–Trinajstić information content (AvgIpc) is 2.79. The number of rotatable bonds is 1. The van der Waals surface area contributed by atoms with E-state index in [-0.39, 0.29) is 6.09 Å². The lowest BCUT2D eigenvalue weighted by molar-refractivity contribution is 0.135. The van der Waals surface area contributed by atoms with Crippen LogP contribution >= 0.6 is 0 Å². The topological polar surface area (TPSA) is 49.8 Å². The number of hydrogen-bond donors (Lipinski definition) is 1. The van der Waals surface area contributed by atoms with E-state index in [1.165, 1.54) is 0 Å². The normalized spacial score (nSPS) is 32.7. The summed E-state index contributed by atoms with van der Waals surface area (Å²) in [5, 5.41) is 9.73. The maximum atomic E-state index is 11.6. The van der Waals surface area contributed by atoms with Crippen LogP contribution in [0.1, 0.15) is 12.0 Å². The third kappa shape index (κ3) is 1.16. The molecule has 2 aliphatic rings. The molecule has 0 aliphatic carbocycles. The first-order valence-electron chi connectivity index (χ1n) is 5.40. The highest BCUT2D eigenvalue weighted by Gasteiger charge is 2.54. The van der Waals surface area contributed by atoms with Crippen LogP contribution in [0.15, 0.2) is 30.3 Å². The van der Waals surface area contributed by atoms with E-state index in [0.717, 1.165) is 5.56 Å². The van der Waals surface area contributed by atoms with Gasteiger partial charge in [0, 0.05) is 6.42 Å². The van der Waals surface area contributed by atoms with Crippen molar-refractivity contribution >= 4 is 6.09 Å². The van der Waals surface area contributed by atoms with Crippen molar-refractivity contribution in [3.8, 4) is 0 Å². The Morgan fingerprint density at radius 2 is 2.12 bits per heavy atom. The Bertz CT molecular complexity index is 420. The molecule has 0 bridgehead atoms. The van der Waals surface area contributed by atoms with E-state index in [1.807, 2.05) is 30.3 Å². The Morgan fingerprint density at radius 1 is 1.38 bits per heavy atom. The van der Waals surface area contributed by atoms with Gasteiger partial charge in [-0.25, -0.2) is 4.79 Å². The second-order valence-corrected chi connectivity index (χ2v) is 4.42. The van der Waals surface area contributed by atoms with Gasteiger partial charge in [0.2, 0.25) is 0 Å². The van der Waals surface area contributed by atoms with Gasteiger partial charge in [0.15, 0.2) is 0 Å². The van der Waals surface area contributed by atoms with Crippen molar-refractivity contribution in [2.45, 2.75) is 18.1 Å². The number of carbonyl (C=O) groups excluding carboxylic acids is 1. The Kier molecular flexibility index (Phi) is 1.94. The van der Waals surface area contributed by atoms with Gasteiger partial charge in [0.25, 0.3) is 0 Å². The molecule has 2 heterocycles. The maximum absolute atomic E-state index is 11.6. The highest BCUT2D eigenvalue weighted by molar-refractivity contribution is 5.72. The number of cyclic esters (lactones) is 1. The molecule has 0 radical (unpaired) electrons. The Morgan fingerprint density at radius 3 is 2.88 bits per heavy atom. The Labute approximate surface area is 93.4 Å². The number of amides is 1. The lowest BCUT2D eigenvalue weighted by Crippen LogP contribution is -2.39. The lowest BCUT2D eigenvalue weighted by atomic mass is 9.88. The van der Waals surface area contributed by atoms with Crippen LogP contribution in [-0.4, -0.2) is 35.4 Å². The summed E-state index contributed by atoms with van der Waals surface area (Å²) in [6, 6.07) is 9.78. The van der Waals surface area contributed by atoms with Gasteiger partial charge in [-0.1, -0.05) is 30.3 Å². The van der Waals surface area contributed by atoms with Crippen molar-refractivity contribution in [2.24, 2.45) is 0 Å². The monoisotopic (exact) mass is 219 g/mol. The molecule has 2 aliphatic heterocycles. The molecule has 2 saturated heterocycles. The molecule has 1 aromatic rings. The molecule has 1 N–H and O–H groups in total. The predicted octanol–water partition coefficient (Wildman–Crippen LogP) is 1.10. The zero-order valence-electron chi connectivity index (χ0n) is 8.80. The van der Waals surface area contributed by atoms with Crippen molar-refractivity contribution in [3.05, 3.63) is 35.9 Å². The van der Waals surface area contributed by atoms with Gasteiger partial charge < -0.3 is 9.84 Å². The van der Waals surface area contributed by atoms with Crippen LogP contribution < -0.4 is 0 Å². The molecule has 16 heavy (non-hydrogen) atoms. The summed E-state index contributed by atoms with van der Waals surface area (Å²) in [6.45, 7) is 0.709. The number of aliphatic hydroxyl groups excluding tert-OH is 1. The van der Waals surface area contributed by atoms with Crippen molar-refractivity contribution < 1.29 is 14.6 Å². The first kappa shape index (κ1) is 9.66. The standard InChI is InChI=1S/C12H13NO3/c14-10-6-12(9-4-2-1-3-5-9)8-16-11(15)13(12)7-10/h1-5,10,14H,6-8H2/t10?,12-/m1/s1. The summed E-state index contributed by atoms with van der Waals surface area (Å²) < 4.78 is 5.10. The average molecular weight is 219 g/mol. The number of aliphatic hydroxyl groups is 1. The third-order valence-corrected chi connectivity index (χ3v) is 3.45. The van der Waals surface area contributed by atoms with E-state index in [2.05, 4.69) is 0 Å². The van der Waals surface area contributed by atoms with Crippen molar-refractivity contribution in [1.82, 2.24) is 4.90 Å². The molecule has 1 aromatic carbocycles. The first-order valence-corrected chi connectivity index (χ1v) is 5.40. The van der Waals surface area contributed by atoms with Gasteiger partial charge in [-0.15, -0.1) is 0 Å². The zero-order chi connectivity index (χ0) is 11.2. The van der Waals surface area contributed by atoms with Crippen LogP contribution in [0.4, 0.5) is 4.79 Å². The maximum Gasteiger partial charge on any atom is 0.410 e. The van der Waals surface area contributed by atoms with Gasteiger partial charge in [0.1, 0.15) is 12.1 Å². The molecular formula is C12H13NO3. The molecular weight excluding hydrogens is 206 g/mol. The molecule has 0 aromatic heterocycles. The molecule has 3 rings (SSSR count). The molecule has 84 valence electrons. The third-order valence-electron chi connectivity index (χ3n) is 3.45. The lowest BCUT2D eigenvalue weighted by Gasteiger charge is -2.28. The van der Waals surface area contributed by atoms with Gasteiger partial charge in [0.05, 0.1) is 12.6 Å². The number of nitrogens with zero attached hydrogens (tertiary/aromatic N) is 1. The van der Waals surface area contributed by atoms with Crippen LogP contribution in [0.3, 0.4) is 0 Å². The first-order chi connectivity index (χ1) is 7.72. The second kappa shape index (κ2) is 3.22. The summed E-state index contributed by atoms with van der Waals surface area (Å²) in [5.74, 6) is 0. The van der Waals surface area contributed by atoms with Gasteiger partial charge in [-0.05, 0) is 5.56 Å². The minimum Gasteiger partial charge on any atom is -0.447 e. The molecule has 0 saturated carbocycles. The van der Waals surface area contributed by atoms with E-state index >= 15 is 0 Å². The molecule has 2 fully saturated rings. The quantitative estimate of drug-likeness (QED) is 0.769. The van der Waals surface area contributed by atoms with Crippen LogP contribution in [-0.2, 0) is 10.3 Å². The summed E-state index contributed by atoms with van der Waals surface area (Å²) >= 11 is 0. The highest BCUT2D eigenvalue weighted by Crippen LogP contribution is 2.43.